The summed E-state index contributed by atoms with van der Waals surface area (Å²) in [5.74, 6) is 0.532. The minimum absolute atomic E-state index is 0.333. The molecule has 0 unspecified atom stereocenters. The highest BCUT2D eigenvalue weighted by molar-refractivity contribution is 8.00. The van der Waals surface area contributed by atoms with Gasteiger partial charge in [0.15, 0.2) is 5.44 Å². The van der Waals surface area contributed by atoms with Crippen LogP contribution in [-0.4, -0.2) is 56.0 Å². The maximum atomic E-state index is 10.4. The maximum Gasteiger partial charge on any atom is 0.173 e. The molecule has 0 aliphatic carbocycles. The first-order valence-corrected chi connectivity index (χ1v) is 11.0. The number of benzene rings is 3. The third-order valence-corrected chi connectivity index (χ3v) is 6.98. The van der Waals surface area contributed by atoms with Gasteiger partial charge < -0.3 is 25.2 Å². The van der Waals surface area contributed by atoms with Crippen molar-refractivity contribution in [3.8, 4) is 5.75 Å². The van der Waals surface area contributed by atoms with Gasteiger partial charge >= 0.3 is 0 Å². The summed E-state index contributed by atoms with van der Waals surface area (Å²) in [5.41, 5.74) is 1.09. The first kappa shape index (κ1) is 21.4. The number of aliphatic hydroxyl groups excluding tert-OH is 4. The molecule has 5 atom stereocenters. The van der Waals surface area contributed by atoms with Crippen LogP contribution in [0.1, 0.15) is 11.1 Å². The molecule has 158 valence electrons. The van der Waals surface area contributed by atoms with E-state index in [9.17, 15) is 20.4 Å². The maximum absolute atomic E-state index is 10.4. The topological polar surface area (TPSA) is 90.2 Å². The number of hydrogen-bond donors (Lipinski definition) is 4. The normalized spacial score (nSPS) is 26.6. The van der Waals surface area contributed by atoms with E-state index in [1.54, 1.807) is 12.1 Å². The molecule has 3 aromatic carbocycles. The van der Waals surface area contributed by atoms with Crippen LogP contribution in [0.4, 0.5) is 0 Å². The Labute approximate surface area is 183 Å². The zero-order valence-electron chi connectivity index (χ0n) is 16.1. The van der Waals surface area contributed by atoms with Gasteiger partial charge in [0.05, 0.1) is 18.0 Å². The molecule has 0 radical (unpaired) electrons. The van der Waals surface area contributed by atoms with Gasteiger partial charge in [-0.2, -0.15) is 0 Å². The molecule has 7 heteroatoms. The van der Waals surface area contributed by atoms with Gasteiger partial charge in [0, 0.05) is 17.0 Å². The highest BCUT2D eigenvalue weighted by atomic mass is 35.5. The van der Waals surface area contributed by atoms with Gasteiger partial charge in [-0.15, -0.1) is 11.8 Å². The van der Waals surface area contributed by atoms with Crippen molar-refractivity contribution in [2.75, 3.05) is 6.61 Å². The van der Waals surface area contributed by atoms with Crippen LogP contribution in [-0.2, 0) is 6.42 Å². The van der Waals surface area contributed by atoms with Crippen LogP contribution in [0.15, 0.2) is 60.7 Å². The first-order valence-electron chi connectivity index (χ1n) is 9.69. The Balaban J connectivity index is 1.60. The van der Waals surface area contributed by atoms with Crippen LogP contribution in [0.2, 0.25) is 5.02 Å². The number of ether oxygens (including phenoxy) is 1. The van der Waals surface area contributed by atoms with Gasteiger partial charge in [-0.3, -0.25) is 0 Å². The Morgan fingerprint density at radius 1 is 0.867 bits per heavy atom. The lowest BCUT2D eigenvalue weighted by Crippen LogP contribution is -2.55. The molecule has 0 bridgehead atoms. The van der Waals surface area contributed by atoms with Crippen molar-refractivity contribution in [3.05, 3.63) is 76.8 Å². The molecule has 4 rings (SSSR count). The van der Waals surface area contributed by atoms with E-state index in [0.717, 1.165) is 33.7 Å². The number of aliphatic hydroxyl groups is 4. The third kappa shape index (κ3) is 4.44. The van der Waals surface area contributed by atoms with E-state index < -0.39 is 29.0 Å². The second-order valence-corrected chi connectivity index (χ2v) is 9.20. The fourth-order valence-electron chi connectivity index (χ4n) is 3.66. The number of rotatable bonds is 5. The van der Waals surface area contributed by atoms with E-state index in [-0.39, 0.29) is 6.61 Å². The van der Waals surface area contributed by atoms with Gasteiger partial charge in [-0.1, -0.05) is 54.1 Å². The molecule has 1 saturated heterocycles. The second kappa shape index (κ2) is 9.14. The van der Waals surface area contributed by atoms with Gasteiger partial charge in [-0.05, 0) is 34.5 Å². The van der Waals surface area contributed by atoms with Crippen molar-refractivity contribution in [2.45, 2.75) is 35.4 Å². The summed E-state index contributed by atoms with van der Waals surface area (Å²) < 4.78 is 6.04. The Morgan fingerprint density at radius 3 is 2.40 bits per heavy atom. The molecule has 0 amide bonds. The molecular formula is C23H23ClO5S. The summed E-state index contributed by atoms with van der Waals surface area (Å²) >= 11 is 7.32. The average molecular weight is 447 g/mol. The van der Waals surface area contributed by atoms with Crippen LogP contribution in [0.5, 0.6) is 5.75 Å². The predicted molar refractivity (Wildman–Crippen MR) is 119 cm³/mol. The number of hydrogen-bond acceptors (Lipinski definition) is 6. The molecule has 0 aromatic heterocycles. The predicted octanol–water partition coefficient (Wildman–Crippen LogP) is 2.98. The van der Waals surface area contributed by atoms with Gasteiger partial charge in [0.2, 0.25) is 0 Å². The summed E-state index contributed by atoms with van der Waals surface area (Å²) in [5, 5.41) is 42.2. The summed E-state index contributed by atoms with van der Waals surface area (Å²) in [6.07, 6.45) is -3.35. The fraction of sp³-hybridized carbons (Fsp3) is 0.304. The fourth-order valence-corrected chi connectivity index (χ4v) is 5.09. The Hall–Kier alpha value is -1.80. The van der Waals surface area contributed by atoms with E-state index in [1.807, 2.05) is 18.2 Å². The van der Waals surface area contributed by atoms with E-state index in [2.05, 4.69) is 30.3 Å². The number of thioether (sulfide) groups is 1. The number of fused-ring (bicyclic) bond motifs is 1. The largest absolute Gasteiger partial charge is 0.477 e. The molecule has 1 aliphatic heterocycles. The Kier molecular flexibility index (Phi) is 6.53. The van der Waals surface area contributed by atoms with Crippen LogP contribution in [0.25, 0.3) is 10.8 Å². The summed E-state index contributed by atoms with van der Waals surface area (Å²) in [6.45, 7) is -0.333. The van der Waals surface area contributed by atoms with E-state index >= 15 is 0 Å². The summed E-state index contributed by atoms with van der Waals surface area (Å²) in [6, 6.07) is 19.6. The molecule has 3 aromatic rings. The van der Waals surface area contributed by atoms with Crippen LogP contribution in [0.3, 0.4) is 0 Å². The molecule has 1 heterocycles. The van der Waals surface area contributed by atoms with Crippen molar-refractivity contribution in [3.63, 3.8) is 0 Å². The van der Waals surface area contributed by atoms with Crippen molar-refractivity contribution in [1.82, 2.24) is 0 Å². The first-order chi connectivity index (χ1) is 14.5. The standard InChI is InChI=1S/C23H23ClO5S/c24-17-7-8-18(29-23-22(28)21(27)20(26)19(12-25)30-23)16(11-17)10-13-5-6-14-3-1-2-4-15(14)9-13/h1-9,11,19-23,25-28H,10,12H2/t19-,20-,21+,22-,23-/m1/s1. The minimum atomic E-state index is -1.40. The average Bonchev–Trinajstić information content (AvgIpc) is 2.75. The molecule has 30 heavy (non-hydrogen) atoms. The van der Waals surface area contributed by atoms with Crippen LogP contribution >= 0.6 is 23.4 Å². The van der Waals surface area contributed by atoms with Gasteiger partial charge in [0.1, 0.15) is 18.0 Å². The van der Waals surface area contributed by atoms with Gasteiger partial charge in [-0.25, -0.2) is 0 Å². The lowest BCUT2D eigenvalue weighted by Gasteiger charge is -2.39. The smallest absolute Gasteiger partial charge is 0.173 e. The lowest BCUT2D eigenvalue weighted by molar-refractivity contribution is -0.0910. The number of halogens is 1. The Morgan fingerprint density at radius 2 is 1.63 bits per heavy atom. The van der Waals surface area contributed by atoms with Crippen LogP contribution < -0.4 is 4.74 Å². The van der Waals surface area contributed by atoms with E-state index in [0.29, 0.717) is 17.2 Å². The van der Waals surface area contributed by atoms with Crippen LogP contribution in [0, 0.1) is 0 Å². The zero-order chi connectivity index (χ0) is 21.3. The van der Waals surface area contributed by atoms with Gasteiger partial charge in [0.25, 0.3) is 0 Å². The highest BCUT2D eigenvalue weighted by Gasteiger charge is 2.44. The summed E-state index contributed by atoms with van der Waals surface area (Å²) in [7, 11) is 0. The molecule has 0 saturated carbocycles. The Bertz CT molecular complexity index is 1030. The zero-order valence-corrected chi connectivity index (χ0v) is 17.6. The minimum Gasteiger partial charge on any atom is -0.477 e. The van der Waals surface area contributed by atoms with E-state index in [4.69, 9.17) is 16.3 Å². The lowest BCUT2D eigenvalue weighted by atomic mass is 10.0. The third-order valence-electron chi connectivity index (χ3n) is 5.32. The second-order valence-electron chi connectivity index (χ2n) is 7.43. The van der Waals surface area contributed by atoms with Crippen molar-refractivity contribution in [2.24, 2.45) is 0 Å². The SMILES string of the molecule is OC[C@H]1S[C@@H](Oc2ccc(Cl)cc2Cc2ccc3ccccc3c2)[C@H](O)[C@@H](O)[C@@H]1O. The molecule has 1 aliphatic rings. The molecule has 1 fully saturated rings. The molecule has 0 spiro atoms. The molecule has 5 nitrogen and oxygen atoms in total. The monoisotopic (exact) mass is 446 g/mol. The van der Waals surface area contributed by atoms with Crippen molar-refractivity contribution < 1.29 is 25.2 Å². The molecular weight excluding hydrogens is 424 g/mol. The molecule has 4 N–H and O–H groups in total. The quantitative estimate of drug-likeness (QED) is 0.482. The van der Waals surface area contributed by atoms with E-state index in [1.165, 1.54) is 0 Å². The highest BCUT2D eigenvalue weighted by Crippen LogP contribution is 2.36. The van der Waals surface area contributed by atoms with Crippen molar-refractivity contribution in [1.29, 1.82) is 0 Å². The summed E-state index contributed by atoms with van der Waals surface area (Å²) in [4.78, 5) is 0. The van der Waals surface area contributed by atoms with Crippen molar-refractivity contribution >= 4 is 34.1 Å².